The minimum Gasteiger partial charge on any atom is -0.396 e. The van der Waals surface area contributed by atoms with Gasteiger partial charge in [0.15, 0.2) is 5.82 Å². The minimum absolute atomic E-state index is 0.0767. The molecule has 7 heteroatoms. The number of benzene rings is 1. The van der Waals surface area contributed by atoms with E-state index in [1.54, 1.807) is 6.92 Å². The maximum Gasteiger partial charge on any atom is 0.276 e. The molecule has 0 bridgehead atoms. The van der Waals surface area contributed by atoms with E-state index < -0.39 is 23.2 Å². The van der Waals surface area contributed by atoms with Gasteiger partial charge in [0.2, 0.25) is 0 Å². The van der Waals surface area contributed by atoms with Crippen molar-refractivity contribution in [3.8, 4) is 0 Å². The van der Waals surface area contributed by atoms with Crippen molar-refractivity contribution < 1.29 is 13.6 Å². The van der Waals surface area contributed by atoms with E-state index in [0.717, 1.165) is 6.07 Å². The SMILES string of the molecule is CCn1ncc(N)c1C(=O)Nc1c(F)ccc(C)c1F. The first kappa shape index (κ1) is 14.0. The van der Waals surface area contributed by atoms with E-state index >= 15 is 0 Å². The summed E-state index contributed by atoms with van der Waals surface area (Å²) >= 11 is 0. The number of amides is 1. The molecule has 2 rings (SSSR count). The number of aryl methyl sites for hydroxylation is 2. The van der Waals surface area contributed by atoms with Crippen LogP contribution in [0.2, 0.25) is 0 Å². The van der Waals surface area contributed by atoms with E-state index in [0.29, 0.717) is 6.54 Å². The van der Waals surface area contributed by atoms with Crippen molar-refractivity contribution in [2.24, 2.45) is 0 Å². The van der Waals surface area contributed by atoms with Gasteiger partial charge in [-0.25, -0.2) is 8.78 Å². The molecule has 2 aromatic rings. The third kappa shape index (κ3) is 2.34. The molecule has 1 aromatic carbocycles. The second-order valence-corrected chi connectivity index (χ2v) is 4.27. The molecule has 0 atom stereocenters. The molecule has 1 aromatic heterocycles. The van der Waals surface area contributed by atoms with Crippen molar-refractivity contribution in [2.45, 2.75) is 20.4 Å². The molecule has 0 saturated heterocycles. The van der Waals surface area contributed by atoms with E-state index in [4.69, 9.17) is 5.73 Å². The fourth-order valence-electron chi connectivity index (χ4n) is 1.83. The van der Waals surface area contributed by atoms with Crippen LogP contribution in [0.25, 0.3) is 0 Å². The standard InChI is InChI=1S/C13H14F2N4O/c1-3-19-12(9(16)6-17-19)13(20)18-11-8(14)5-4-7(2)10(11)15/h4-6H,3,16H2,1-2H3,(H,18,20). The minimum atomic E-state index is -0.845. The Morgan fingerprint density at radius 2 is 2.15 bits per heavy atom. The zero-order valence-corrected chi connectivity index (χ0v) is 11.1. The maximum atomic E-state index is 13.8. The lowest BCUT2D eigenvalue weighted by Crippen LogP contribution is -2.20. The van der Waals surface area contributed by atoms with Gasteiger partial charge >= 0.3 is 0 Å². The van der Waals surface area contributed by atoms with E-state index in [1.165, 1.54) is 23.9 Å². The summed E-state index contributed by atoms with van der Waals surface area (Å²) in [5.41, 5.74) is 5.62. The molecule has 0 saturated carbocycles. The van der Waals surface area contributed by atoms with Gasteiger partial charge in [-0.3, -0.25) is 9.48 Å². The smallest absolute Gasteiger partial charge is 0.276 e. The molecule has 0 fully saturated rings. The summed E-state index contributed by atoms with van der Waals surface area (Å²) in [6, 6.07) is 2.39. The molecule has 0 radical (unpaired) electrons. The number of nitrogens with two attached hydrogens (primary N) is 1. The third-order valence-corrected chi connectivity index (χ3v) is 2.91. The Morgan fingerprint density at radius 1 is 1.45 bits per heavy atom. The lowest BCUT2D eigenvalue weighted by molar-refractivity contribution is 0.101. The highest BCUT2D eigenvalue weighted by Gasteiger charge is 2.20. The van der Waals surface area contributed by atoms with Crippen LogP contribution < -0.4 is 11.1 Å². The highest BCUT2D eigenvalue weighted by molar-refractivity contribution is 6.06. The van der Waals surface area contributed by atoms with E-state index in [1.807, 2.05) is 0 Å². The molecule has 0 aliphatic heterocycles. The summed E-state index contributed by atoms with van der Waals surface area (Å²) < 4.78 is 28.8. The third-order valence-electron chi connectivity index (χ3n) is 2.91. The van der Waals surface area contributed by atoms with Crippen LogP contribution in [0, 0.1) is 18.6 Å². The van der Waals surface area contributed by atoms with Crippen LogP contribution in [-0.4, -0.2) is 15.7 Å². The molecule has 0 spiro atoms. The summed E-state index contributed by atoms with van der Waals surface area (Å²) in [6.07, 6.45) is 1.32. The largest absolute Gasteiger partial charge is 0.396 e. The number of hydrogen-bond acceptors (Lipinski definition) is 3. The number of halogens is 2. The molecule has 1 amide bonds. The number of nitrogen functional groups attached to an aromatic ring is 1. The molecule has 0 aliphatic carbocycles. The van der Waals surface area contributed by atoms with Crippen LogP contribution in [0.1, 0.15) is 23.0 Å². The number of nitrogens with zero attached hydrogens (tertiary/aromatic N) is 2. The first-order chi connectivity index (χ1) is 9.45. The molecule has 106 valence electrons. The predicted molar refractivity (Wildman–Crippen MR) is 71.4 cm³/mol. The van der Waals surface area contributed by atoms with Crippen LogP contribution in [0.15, 0.2) is 18.3 Å². The lowest BCUT2D eigenvalue weighted by Gasteiger charge is -2.10. The topological polar surface area (TPSA) is 72.9 Å². The summed E-state index contributed by atoms with van der Waals surface area (Å²) in [5.74, 6) is -2.35. The monoisotopic (exact) mass is 280 g/mol. The first-order valence-electron chi connectivity index (χ1n) is 6.03. The van der Waals surface area contributed by atoms with Crippen molar-refractivity contribution >= 4 is 17.3 Å². The van der Waals surface area contributed by atoms with Crippen molar-refractivity contribution in [3.05, 3.63) is 41.2 Å². The average molecular weight is 280 g/mol. The Kier molecular flexibility index (Phi) is 3.69. The zero-order chi connectivity index (χ0) is 14.9. The molecule has 1 heterocycles. The highest BCUT2D eigenvalue weighted by atomic mass is 19.1. The Morgan fingerprint density at radius 3 is 2.80 bits per heavy atom. The number of carbonyl (C=O) groups excluding carboxylic acids is 1. The number of rotatable bonds is 3. The predicted octanol–water partition coefficient (Wildman–Crippen LogP) is 2.32. The highest BCUT2D eigenvalue weighted by Crippen LogP contribution is 2.23. The quantitative estimate of drug-likeness (QED) is 0.906. The number of hydrogen-bond donors (Lipinski definition) is 2. The second kappa shape index (κ2) is 5.28. The fourth-order valence-corrected chi connectivity index (χ4v) is 1.83. The number of nitrogens with one attached hydrogen (secondary N) is 1. The molecule has 5 nitrogen and oxygen atoms in total. The van der Waals surface area contributed by atoms with Crippen LogP contribution in [0.5, 0.6) is 0 Å². The second-order valence-electron chi connectivity index (χ2n) is 4.27. The number of carbonyl (C=O) groups is 1. The first-order valence-corrected chi connectivity index (χ1v) is 6.03. The van der Waals surface area contributed by atoms with Crippen molar-refractivity contribution in [3.63, 3.8) is 0 Å². The van der Waals surface area contributed by atoms with E-state index in [9.17, 15) is 13.6 Å². The average Bonchev–Trinajstić information content (AvgIpc) is 2.80. The Labute approximate surface area is 114 Å². The van der Waals surface area contributed by atoms with Gasteiger partial charge in [-0.15, -0.1) is 0 Å². The summed E-state index contributed by atoms with van der Waals surface area (Å²) in [4.78, 5) is 12.1. The molecule has 20 heavy (non-hydrogen) atoms. The summed E-state index contributed by atoms with van der Waals surface area (Å²) in [6.45, 7) is 3.67. The van der Waals surface area contributed by atoms with Crippen molar-refractivity contribution in [2.75, 3.05) is 11.1 Å². The van der Waals surface area contributed by atoms with E-state index in [-0.39, 0.29) is 16.9 Å². The van der Waals surface area contributed by atoms with Crippen LogP contribution in [0.4, 0.5) is 20.2 Å². The number of anilines is 2. The van der Waals surface area contributed by atoms with Gasteiger partial charge in [-0.2, -0.15) is 5.10 Å². The molecule has 0 unspecified atom stereocenters. The van der Waals surface area contributed by atoms with Gasteiger partial charge in [0.25, 0.3) is 5.91 Å². The van der Waals surface area contributed by atoms with Crippen LogP contribution in [-0.2, 0) is 6.54 Å². The van der Waals surface area contributed by atoms with Crippen molar-refractivity contribution in [1.29, 1.82) is 0 Å². The van der Waals surface area contributed by atoms with Gasteiger partial charge in [-0.05, 0) is 25.5 Å². The van der Waals surface area contributed by atoms with Crippen LogP contribution >= 0.6 is 0 Å². The summed E-state index contributed by atoms with van der Waals surface area (Å²) in [7, 11) is 0. The Bertz CT molecular complexity index is 667. The zero-order valence-electron chi connectivity index (χ0n) is 11.1. The molecule has 0 aliphatic rings. The lowest BCUT2D eigenvalue weighted by atomic mass is 10.2. The van der Waals surface area contributed by atoms with Gasteiger partial charge < -0.3 is 11.1 Å². The van der Waals surface area contributed by atoms with Gasteiger partial charge in [0.05, 0.1) is 11.9 Å². The normalized spacial score (nSPS) is 10.6. The van der Waals surface area contributed by atoms with Crippen LogP contribution in [0.3, 0.4) is 0 Å². The summed E-state index contributed by atoms with van der Waals surface area (Å²) in [5, 5.41) is 6.11. The molecular formula is C13H14F2N4O. The molecular weight excluding hydrogens is 266 g/mol. The van der Waals surface area contributed by atoms with Gasteiger partial charge in [0.1, 0.15) is 17.2 Å². The maximum absolute atomic E-state index is 13.8. The number of aromatic nitrogens is 2. The van der Waals surface area contributed by atoms with E-state index in [2.05, 4.69) is 10.4 Å². The van der Waals surface area contributed by atoms with Gasteiger partial charge in [-0.1, -0.05) is 6.07 Å². The molecule has 3 N–H and O–H groups in total. The Balaban J connectivity index is 2.38. The van der Waals surface area contributed by atoms with Gasteiger partial charge in [0, 0.05) is 6.54 Å². The Hall–Kier alpha value is -2.44. The fraction of sp³-hybridized carbons (Fsp3) is 0.231. The van der Waals surface area contributed by atoms with Crippen molar-refractivity contribution in [1.82, 2.24) is 9.78 Å².